The normalized spacial score (nSPS) is 19.4. The number of halogens is 5. The van der Waals surface area contributed by atoms with E-state index < -0.39 is 46.9 Å². The van der Waals surface area contributed by atoms with Gasteiger partial charge in [-0.3, -0.25) is 9.59 Å². The minimum Gasteiger partial charge on any atom is -0.485 e. The van der Waals surface area contributed by atoms with Gasteiger partial charge in [0.15, 0.2) is 0 Å². The van der Waals surface area contributed by atoms with Gasteiger partial charge in [-0.25, -0.2) is 0 Å². The lowest BCUT2D eigenvalue weighted by Crippen LogP contribution is -2.30. The van der Waals surface area contributed by atoms with E-state index in [2.05, 4.69) is 11.9 Å². The number of rotatable bonds is 11. The number of nitriles is 1. The molecule has 0 radical (unpaired) electrons. The first-order chi connectivity index (χ1) is 18.3. The first kappa shape index (κ1) is 31.7. The van der Waals surface area contributed by atoms with E-state index in [1.54, 1.807) is 62.4 Å². The highest BCUT2D eigenvalue weighted by atomic mass is 35.5. The number of carboxylic acid groups (broad SMARTS) is 1. The Balaban J connectivity index is 2.38. The molecule has 4 unspecified atom stereocenters. The maximum absolute atomic E-state index is 13.6. The highest BCUT2D eigenvalue weighted by molar-refractivity contribution is 6.31. The van der Waals surface area contributed by atoms with Gasteiger partial charge < -0.3 is 15.2 Å². The average Bonchev–Trinajstić information content (AvgIpc) is 2.89. The predicted molar refractivity (Wildman–Crippen MR) is 143 cm³/mol. The van der Waals surface area contributed by atoms with Gasteiger partial charge in [0.2, 0.25) is 0 Å². The van der Waals surface area contributed by atoms with Crippen LogP contribution in [0.1, 0.15) is 42.1 Å². The molecule has 0 saturated heterocycles. The van der Waals surface area contributed by atoms with Crippen molar-refractivity contribution in [2.75, 3.05) is 6.54 Å². The summed E-state index contributed by atoms with van der Waals surface area (Å²) < 4.78 is 46.8. The summed E-state index contributed by atoms with van der Waals surface area (Å²) in [5, 5.41) is 19.4. The zero-order valence-corrected chi connectivity index (χ0v) is 22.6. The van der Waals surface area contributed by atoms with Crippen LogP contribution in [0.25, 0.3) is 0 Å². The van der Waals surface area contributed by atoms with Crippen LogP contribution in [-0.4, -0.2) is 41.2 Å². The van der Waals surface area contributed by atoms with Gasteiger partial charge in [-0.2, -0.15) is 18.4 Å². The molecule has 0 aliphatic heterocycles. The van der Waals surface area contributed by atoms with E-state index in [1.807, 2.05) is 0 Å². The monoisotopic (exact) mass is 582 g/mol. The number of hydrogen-bond donors (Lipinski definition) is 2. The molecule has 0 bridgehead atoms. The van der Waals surface area contributed by atoms with Crippen LogP contribution in [0.4, 0.5) is 13.2 Å². The Morgan fingerprint density at radius 2 is 1.92 bits per heavy atom. The van der Waals surface area contributed by atoms with Gasteiger partial charge in [0.25, 0.3) is 5.91 Å². The summed E-state index contributed by atoms with van der Waals surface area (Å²) in [7, 11) is 0. The van der Waals surface area contributed by atoms with Crippen LogP contribution < -0.4 is 5.32 Å². The van der Waals surface area contributed by atoms with Gasteiger partial charge in [-0.15, -0.1) is 11.6 Å². The standard InChI is InChI=1S/C28H27Cl2F3N2O4/c1-4-21(29)10-5-16(2)26(39-22-13-20(15-34)25(30)23(14-22)28(31,32)33)17(3)18-6-8-19(9-7-18)27(38)35-12-11-24(36)37/h4-10,13-14,17,20,25-26H,2,11-12H2,1,3H3,(H,35,38)(H,36,37)/b10-5-,21-4+. The lowest BCUT2D eigenvalue weighted by atomic mass is 9.89. The average molecular weight is 583 g/mol. The minimum atomic E-state index is -4.76. The number of benzene rings is 1. The summed E-state index contributed by atoms with van der Waals surface area (Å²) in [5.41, 5.74) is 0.278. The quantitative estimate of drug-likeness (QED) is 0.221. The van der Waals surface area contributed by atoms with E-state index in [1.165, 1.54) is 6.08 Å². The molecule has 2 N–H and O–H groups in total. The topological polar surface area (TPSA) is 99.4 Å². The lowest BCUT2D eigenvalue weighted by Gasteiger charge is -2.30. The van der Waals surface area contributed by atoms with E-state index in [0.717, 1.165) is 6.08 Å². The van der Waals surface area contributed by atoms with E-state index in [-0.39, 0.29) is 18.7 Å². The molecular weight excluding hydrogens is 556 g/mol. The first-order valence-corrected chi connectivity index (χ1v) is 12.6. The summed E-state index contributed by atoms with van der Waals surface area (Å²) >= 11 is 12.0. The molecule has 0 saturated carbocycles. The number of carboxylic acids is 1. The zero-order valence-electron chi connectivity index (χ0n) is 21.1. The number of allylic oxidation sites excluding steroid dienone is 6. The van der Waals surface area contributed by atoms with Gasteiger partial charge in [0.05, 0.1) is 29.4 Å². The zero-order chi connectivity index (χ0) is 29.3. The van der Waals surface area contributed by atoms with Crippen LogP contribution in [-0.2, 0) is 9.53 Å². The summed E-state index contributed by atoms with van der Waals surface area (Å²) in [6, 6.07) is 8.17. The molecule has 1 aliphatic carbocycles. The molecule has 11 heteroatoms. The number of aliphatic carboxylic acids is 1. The predicted octanol–water partition coefficient (Wildman–Crippen LogP) is 6.77. The van der Waals surface area contributed by atoms with Crippen LogP contribution in [0, 0.1) is 17.2 Å². The number of carbonyl (C=O) groups excluding carboxylic acids is 1. The molecule has 0 spiro atoms. The third-order valence-electron chi connectivity index (χ3n) is 5.87. The van der Waals surface area contributed by atoms with Gasteiger partial charge >= 0.3 is 12.1 Å². The highest BCUT2D eigenvalue weighted by Crippen LogP contribution is 2.40. The van der Waals surface area contributed by atoms with Gasteiger partial charge in [-0.05, 0) is 48.4 Å². The van der Waals surface area contributed by atoms with Crippen molar-refractivity contribution in [3.05, 3.63) is 94.3 Å². The largest absolute Gasteiger partial charge is 0.485 e. The molecular formula is C28H27Cl2F3N2O4. The molecule has 1 aliphatic rings. The van der Waals surface area contributed by atoms with Crippen molar-refractivity contribution in [2.24, 2.45) is 5.92 Å². The Kier molecular flexibility index (Phi) is 11.4. The molecule has 1 aromatic rings. The second kappa shape index (κ2) is 14.1. The van der Waals surface area contributed by atoms with Crippen LogP contribution >= 0.6 is 23.2 Å². The molecule has 2 rings (SSSR count). The number of hydrogen-bond acceptors (Lipinski definition) is 4. The van der Waals surface area contributed by atoms with Crippen LogP contribution in [0.3, 0.4) is 0 Å². The second-order valence-corrected chi connectivity index (χ2v) is 9.56. The van der Waals surface area contributed by atoms with Crippen molar-refractivity contribution in [1.82, 2.24) is 5.32 Å². The molecule has 4 atom stereocenters. The number of amides is 1. The van der Waals surface area contributed by atoms with Crippen molar-refractivity contribution in [3.63, 3.8) is 0 Å². The Morgan fingerprint density at radius 1 is 1.28 bits per heavy atom. The first-order valence-electron chi connectivity index (χ1n) is 11.8. The van der Waals surface area contributed by atoms with Crippen molar-refractivity contribution in [3.8, 4) is 6.07 Å². The molecule has 39 heavy (non-hydrogen) atoms. The number of nitrogens with zero attached hydrogens (tertiary/aromatic N) is 1. The van der Waals surface area contributed by atoms with Gasteiger partial charge in [-0.1, -0.05) is 49.4 Å². The molecule has 0 fully saturated rings. The summed E-state index contributed by atoms with van der Waals surface area (Å²) in [6.45, 7) is 7.49. The van der Waals surface area contributed by atoms with Crippen LogP contribution in [0.5, 0.6) is 0 Å². The van der Waals surface area contributed by atoms with E-state index >= 15 is 0 Å². The van der Waals surface area contributed by atoms with Gasteiger partial charge in [0.1, 0.15) is 11.9 Å². The number of ether oxygens (including phenoxy) is 1. The molecule has 1 amide bonds. The summed E-state index contributed by atoms with van der Waals surface area (Å²) in [4.78, 5) is 22.9. The lowest BCUT2D eigenvalue weighted by molar-refractivity contribution is -0.136. The van der Waals surface area contributed by atoms with Crippen molar-refractivity contribution in [2.45, 2.75) is 43.8 Å². The Morgan fingerprint density at radius 3 is 2.46 bits per heavy atom. The summed E-state index contributed by atoms with van der Waals surface area (Å²) in [6.07, 6.45) is 0.950. The molecule has 0 aromatic heterocycles. The van der Waals surface area contributed by atoms with Crippen molar-refractivity contribution in [1.29, 1.82) is 5.26 Å². The van der Waals surface area contributed by atoms with E-state index in [4.69, 9.17) is 33.0 Å². The Hall–Kier alpha value is -3.48. The SMILES string of the molecule is C=C(/C=C\C(Cl)=C/C)C(OC1=CC(C#N)C(Cl)C(C(F)(F)F)=C1)C(C)c1ccc(C(=O)NCCC(=O)O)cc1. The molecule has 1 aromatic carbocycles. The van der Waals surface area contributed by atoms with Crippen LogP contribution in [0.2, 0.25) is 0 Å². The third kappa shape index (κ3) is 9.05. The van der Waals surface area contributed by atoms with Crippen molar-refractivity contribution < 1.29 is 32.6 Å². The number of alkyl halides is 4. The minimum absolute atomic E-state index is 0.0292. The van der Waals surface area contributed by atoms with Gasteiger partial charge in [0, 0.05) is 23.1 Å². The second-order valence-electron chi connectivity index (χ2n) is 8.65. The number of carbonyl (C=O) groups is 2. The van der Waals surface area contributed by atoms with E-state index in [0.29, 0.717) is 21.7 Å². The van der Waals surface area contributed by atoms with Crippen LogP contribution in [0.15, 0.2) is 83.2 Å². The third-order valence-corrected chi connectivity index (χ3v) is 6.72. The number of nitrogens with one attached hydrogen (secondary N) is 1. The summed E-state index contributed by atoms with van der Waals surface area (Å²) in [5.74, 6) is -3.41. The highest BCUT2D eigenvalue weighted by Gasteiger charge is 2.43. The molecule has 208 valence electrons. The Bertz CT molecular complexity index is 1240. The smallest absolute Gasteiger partial charge is 0.414 e. The maximum Gasteiger partial charge on any atom is 0.414 e. The maximum atomic E-state index is 13.6. The fourth-order valence-corrected chi connectivity index (χ4v) is 4.05. The fourth-order valence-electron chi connectivity index (χ4n) is 3.67. The molecule has 0 heterocycles. The Labute approximate surface area is 234 Å². The van der Waals surface area contributed by atoms with Crippen molar-refractivity contribution >= 4 is 35.1 Å². The molecule has 6 nitrogen and oxygen atoms in total. The van der Waals surface area contributed by atoms with E-state index in [9.17, 15) is 28.0 Å². The fraction of sp³-hybridized carbons (Fsp3) is 0.321.